The molecule has 0 aliphatic carbocycles. The van der Waals surface area contributed by atoms with Crippen LogP contribution < -0.4 is 5.32 Å². The summed E-state index contributed by atoms with van der Waals surface area (Å²) in [6.07, 6.45) is 1.92. The van der Waals surface area contributed by atoms with Crippen LogP contribution in [0.5, 0.6) is 0 Å². The first-order valence-corrected chi connectivity index (χ1v) is 8.26. The number of carbonyl (C=O) groups is 1. The predicted molar refractivity (Wildman–Crippen MR) is 97.9 cm³/mol. The smallest absolute Gasteiger partial charge is 0.264 e. The molecule has 1 aliphatic heterocycles. The first-order valence-electron chi connectivity index (χ1n) is 7.45. The molecule has 0 unspecified atom stereocenters. The van der Waals surface area contributed by atoms with Gasteiger partial charge >= 0.3 is 0 Å². The highest BCUT2D eigenvalue weighted by atomic mass is 32.2. The molecule has 1 amide bonds. The third-order valence-corrected chi connectivity index (χ3v) is 4.47. The number of nitrogens with one attached hydrogen (secondary N) is 1. The predicted octanol–water partition coefficient (Wildman–Crippen LogP) is 4.50. The van der Waals surface area contributed by atoms with E-state index in [1.165, 1.54) is 11.8 Å². The summed E-state index contributed by atoms with van der Waals surface area (Å²) in [5.41, 5.74) is 5.39. The van der Waals surface area contributed by atoms with Gasteiger partial charge in [0, 0.05) is 0 Å². The number of amides is 1. The van der Waals surface area contributed by atoms with Crippen LogP contribution in [0.2, 0.25) is 0 Å². The highest BCUT2D eigenvalue weighted by molar-refractivity contribution is 8.18. The second-order valence-electron chi connectivity index (χ2n) is 5.68. The van der Waals surface area contributed by atoms with Gasteiger partial charge in [-0.15, -0.1) is 0 Å². The fourth-order valence-corrected chi connectivity index (χ4v) is 3.34. The van der Waals surface area contributed by atoms with Crippen LogP contribution >= 0.6 is 11.8 Å². The Morgan fingerprint density at radius 3 is 2.43 bits per heavy atom. The third kappa shape index (κ3) is 3.71. The largest absolute Gasteiger partial charge is 0.300 e. The molecule has 1 saturated heterocycles. The average Bonchev–Trinajstić information content (AvgIpc) is 2.80. The summed E-state index contributed by atoms with van der Waals surface area (Å²) in [7, 11) is 0. The van der Waals surface area contributed by atoms with Crippen LogP contribution in [0.4, 0.5) is 5.69 Å². The lowest BCUT2D eigenvalue weighted by atomic mass is 10.1. The van der Waals surface area contributed by atoms with Crippen LogP contribution in [0.3, 0.4) is 0 Å². The fraction of sp³-hybridized carbons (Fsp3) is 0.158. The van der Waals surface area contributed by atoms with Crippen molar-refractivity contribution in [1.29, 1.82) is 0 Å². The minimum Gasteiger partial charge on any atom is -0.300 e. The lowest BCUT2D eigenvalue weighted by molar-refractivity contribution is -0.115. The molecule has 3 rings (SSSR count). The van der Waals surface area contributed by atoms with Gasteiger partial charge in [-0.3, -0.25) is 4.79 Å². The molecule has 2 aromatic carbocycles. The summed E-state index contributed by atoms with van der Waals surface area (Å²) >= 11 is 1.38. The molecule has 0 radical (unpaired) electrons. The van der Waals surface area contributed by atoms with Gasteiger partial charge in [-0.2, -0.15) is 0 Å². The Bertz CT molecular complexity index is 817. The Hall–Kier alpha value is -2.33. The third-order valence-electron chi connectivity index (χ3n) is 3.56. The van der Waals surface area contributed by atoms with E-state index in [2.05, 4.69) is 16.4 Å². The Balaban J connectivity index is 1.87. The lowest BCUT2D eigenvalue weighted by Crippen LogP contribution is -2.19. The summed E-state index contributed by atoms with van der Waals surface area (Å²) in [4.78, 5) is 17.4. The van der Waals surface area contributed by atoms with Gasteiger partial charge in [0.2, 0.25) is 0 Å². The first-order chi connectivity index (χ1) is 11.0. The molecular weight excluding hydrogens is 304 g/mol. The molecule has 116 valence electrons. The van der Waals surface area contributed by atoms with E-state index in [9.17, 15) is 4.79 Å². The summed E-state index contributed by atoms with van der Waals surface area (Å²) in [5, 5.41) is 3.46. The van der Waals surface area contributed by atoms with Crippen molar-refractivity contribution in [2.24, 2.45) is 4.99 Å². The molecule has 0 bridgehead atoms. The number of thioether (sulfide) groups is 1. The maximum Gasteiger partial charge on any atom is 0.264 e. The quantitative estimate of drug-likeness (QED) is 0.827. The van der Waals surface area contributed by atoms with Crippen LogP contribution in [-0.2, 0) is 4.79 Å². The number of benzene rings is 2. The van der Waals surface area contributed by atoms with Gasteiger partial charge in [0.25, 0.3) is 5.91 Å². The van der Waals surface area contributed by atoms with E-state index in [0.717, 1.165) is 27.9 Å². The Morgan fingerprint density at radius 1 is 1.04 bits per heavy atom. The topological polar surface area (TPSA) is 41.5 Å². The van der Waals surface area contributed by atoms with E-state index < -0.39 is 0 Å². The van der Waals surface area contributed by atoms with Crippen molar-refractivity contribution in [3.63, 3.8) is 0 Å². The van der Waals surface area contributed by atoms with Gasteiger partial charge in [-0.25, -0.2) is 4.99 Å². The van der Waals surface area contributed by atoms with Gasteiger partial charge in [-0.05, 0) is 73.0 Å². The molecule has 0 saturated carbocycles. The summed E-state index contributed by atoms with van der Waals surface area (Å²) in [6, 6.07) is 14.1. The molecule has 4 heteroatoms. The SMILES string of the molecule is Cc1cc(C)cc(N=C2NC(=O)/C(=C/c3ccccc3C)S2)c1. The minimum atomic E-state index is -0.0959. The molecular formula is C19H18N2OS. The van der Waals surface area contributed by atoms with Crippen LogP contribution in [-0.4, -0.2) is 11.1 Å². The number of nitrogens with zero attached hydrogens (tertiary/aromatic N) is 1. The molecule has 0 atom stereocenters. The molecule has 1 aliphatic rings. The van der Waals surface area contributed by atoms with Crippen LogP contribution in [0, 0.1) is 20.8 Å². The zero-order chi connectivity index (χ0) is 16.4. The maximum absolute atomic E-state index is 12.1. The van der Waals surface area contributed by atoms with Crippen molar-refractivity contribution >= 4 is 34.6 Å². The van der Waals surface area contributed by atoms with Crippen molar-refractivity contribution in [1.82, 2.24) is 5.32 Å². The minimum absolute atomic E-state index is 0.0959. The van der Waals surface area contributed by atoms with E-state index in [0.29, 0.717) is 10.1 Å². The normalized spacial score (nSPS) is 17.8. The molecule has 3 nitrogen and oxygen atoms in total. The lowest BCUT2D eigenvalue weighted by Gasteiger charge is -2.01. The summed E-state index contributed by atoms with van der Waals surface area (Å²) in [5.74, 6) is -0.0959. The Morgan fingerprint density at radius 2 is 1.74 bits per heavy atom. The number of carbonyl (C=O) groups excluding carboxylic acids is 1. The van der Waals surface area contributed by atoms with E-state index >= 15 is 0 Å². The van der Waals surface area contributed by atoms with Gasteiger partial charge in [0.15, 0.2) is 5.17 Å². The zero-order valence-corrected chi connectivity index (χ0v) is 14.2. The van der Waals surface area contributed by atoms with Gasteiger partial charge in [-0.1, -0.05) is 30.3 Å². The number of aryl methyl sites for hydroxylation is 3. The van der Waals surface area contributed by atoms with E-state index in [-0.39, 0.29) is 5.91 Å². The Kier molecular flexibility index (Phi) is 4.35. The van der Waals surface area contributed by atoms with Crippen molar-refractivity contribution in [3.05, 3.63) is 69.6 Å². The standard InChI is InChI=1S/C19H18N2OS/c1-12-8-13(2)10-16(9-12)20-19-21-18(22)17(23-19)11-15-7-5-4-6-14(15)3/h4-11H,1-3H3,(H,20,21,22)/b17-11-. The van der Waals surface area contributed by atoms with Crippen molar-refractivity contribution in [2.45, 2.75) is 20.8 Å². The van der Waals surface area contributed by atoms with Gasteiger partial charge in [0.05, 0.1) is 10.6 Å². The number of aliphatic imine (C=N–C) groups is 1. The van der Waals surface area contributed by atoms with Gasteiger partial charge < -0.3 is 5.32 Å². The second kappa shape index (κ2) is 6.42. The number of hydrogen-bond acceptors (Lipinski definition) is 3. The second-order valence-corrected chi connectivity index (χ2v) is 6.71. The van der Waals surface area contributed by atoms with Gasteiger partial charge in [0.1, 0.15) is 0 Å². The molecule has 1 fully saturated rings. The van der Waals surface area contributed by atoms with Crippen molar-refractivity contribution < 1.29 is 4.79 Å². The molecule has 2 aromatic rings. The van der Waals surface area contributed by atoms with Crippen LogP contribution in [0.25, 0.3) is 6.08 Å². The molecule has 1 N–H and O–H groups in total. The molecule has 23 heavy (non-hydrogen) atoms. The summed E-state index contributed by atoms with van der Waals surface area (Å²) in [6.45, 7) is 6.12. The molecule has 0 spiro atoms. The van der Waals surface area contributed by atoms with Crippen LogP contribution in [0.1, 0.15) is 22.3 Å². The van der Waals surface area contributed by atoms with E-state index in [1.807, 2.05) is 63.2 Å². The zero-order valence-electron chi connectivity index (χ0n) is 13.4. The van der Waals surface area contributed by atoms with E-state index in [1.54, 1.807) is 0 Å². The number of rotatable bonds is 2. The first kappa shape index (κ1) is 15.6. The maximum atomic E-state index is 12.1. The Labute approximate surface area is 140 Å². The van der Waals surface area contributed by atoms with Crippen LogP contribution in [0.15, 0.2) is 52.4 Å². The van der Waals surface area contributed by atoms with Crippen molar-refractivity contribution in [3.8, 4) is 0 Å². The van der Waals surface area contributed by atoms with E-state index in [4.69, 9.17) is 0 Å². The highest BCUT2D eigenvalue weighted by Crippen LogP contribution is 2.29. The van der Waals surface area contributed by atoms with Crippen molar-refractivity contribution in [2.75, 3.05) is 0 Å². The number of hydrogen-bond donors (Lipinski definition) is 1. The monoisotopic (exact) mass is 322 g/mol. The molecule has 1 heterocycles. The highest BCUT2D eigenvalue weighted by Gasteiger charge is 2.23. The fourth-order valence-electron chi connectivity index (χ4n) is 2.50. The summed E-state index contributed by atoms with van der Waals surface area (Å²) < 4.78 is 0. The number of amidine groups is 1. The average molecular weight is 322 g/mol. The molecule has 0 aromatic heterocycles.